The van der Waals surface area contributed by atoms with Crippen molar-refractivity contribution >= 4 is 0 Å². The Morgan fingerprint density at radius 1 is 0.424 bits per heavy atom. The van der Waals surface area contributed by atoms with E-state index in [-0.39, 0.29) is 11.7 Å². The fourth-order valence-corrected chi connectivity index (χ4v) is 4.52. The van der Waals surface area contributed by atoms with E-state index in [1.807, 2.05) is 36.4 Å². The van der Waals surface area contributed by atoms with Crippen LogP contribution in [0, 0.1) is 5.92 Å². The average molecular weight is 426 g/mol. The smallest absolute Gasteiger partial charge is 0.141 e. The lowest BCUT2D eigenvalue weighted by Gasteiger charge is -2.20. The summed E-state index contributed by atoms with van der Waals surface area (Å²) in [6.07, 6.45) is 0. The molecule has 0 bridgehead atoms. The summed E-state index contributed by atoms with van der Waals surface area (Å²) in [5.74, 6) is 1.39. The highest BCUT2D eigenvalue weighted by Crippen LogP contribution is 2.38. The standard InChI is InChI=1S/C32H24O/c33-30-22-28(31(24-13-5-1-6-14-24)25-15-7-2-8-16-25)21-29(23-30)32(26-17-9-3-10-18-26)27-19-11-4-12-20-27/h1-23,31H/p+1. The predicted molar refractivity (Wildman–Crippen MR) is 135 cm³/mol. The highest BCUT2D eigenvalue weighted by molar-refractivity contribution is 5.60. The minimum absolute atomic E-state index is 0.0195. The van der Waals surface area contributed by atoms with Crippen molar-refractivity contribution in [3.05, 3.63) is 179 Å². The summed E-state index contributed by atoms with van der Waals surface area (Å²) in [5, 5.41) is 10.9. The third kappa shape index (κ3) is 4.53. The Hall–Kier alpha value is -4.23. The molecule has 0 atom stereocenters. The van der Waals surface area contributed by atoms with Crippen LogP contribution in [0.15, 0.2) is 140 Å². The minimum atomic E-state index is 0.0195. The maximum absolute atomic E-state index is 10.9. The molecule has 1 heteroatoms. The number of aromatic hydroxyl groups is 1. The van der Waals surface area contributed by atoms with Crippen LogP contribution in [0.2, 0.25) is 0 Å². The first-order chi connectivity index (χ1) is 16.3. The maximum atomic E-state index is 10.9. The second-order valence-corrected chi connectivity index (χ2v) is 8.17. The molecule has 0 aliphatic carbocycles. The van der Waals surface area contributed by atoms with Gasteiger partial charge in [0.15, 0.2) is 0 Å². The van der Waals surface area contributed by atoms with E-state index in [2.05, 4.69) is 103 Å². The van der Waals surface area contributed by atoms with Crippen LogP contribution in [0.3, 0.4) is 0 Å². The molecule has 0 heterocycles. The van der Waals surface area contributed by atoms with Gasteiger partial charge in [-0.3, -0.25) is 0 Å². The van der Waals surface area contributed by atoms with Crippen molar-refractivity contribution in [2.45, 2.75) is 5.92 Å². The lowest BCUT2D eigenvalue weighted by atomic mass is 9.80. The lowest BCUT2D eigenvalue weighted by molar-refractivity contribution is 0.474. The topological polar surface area (TPSA) is 20.2 Å². The molecule has 5 aromatic carbocycles. The van der Waals surface area contributed by atoms with Crippen LogP contribution >= 0.6 is 0 Å². The number of phenolic OH excluding ortho intramolecular Hbond substituents is 1. The van der Waals surface area contributed by atoms with E-state index < -0.39 is 0 Å². The molecule has 0 aliphatic rings. The van der Waals surface area contributed by atoms with Gasteiger partial charge in [-0.05, 0) is 77.4 Å². The molecule has 1 nitrogen and oxygen atoms in total. The molecule has 5 rings (SSSR count). The van der Waals surface area contributed by atoms with Crippen molar-refractivity contribution in [3.8, 4) is 5.75 Å². The van der Waals surface area contributed by atoms with Crippen molar-refractivity contribution in [3.63, 3.8) is 0 Å². The fraction of sp³-hybridized carbons (Fsp3) is 0.0312. The molecule has 0 saturated carbocycles. The lowest BCUT2D eigenvalue weighted by Crippen LogP contribution is -2.08. The Balaban J connectivity index is 1.69. The molecule has 0 amide bonds. The molecule has 0 radical (unpaired) electrons. The minimum Gasteiger partial charge on any atom is -0.503 e. The Kier molecular flexibility index (Phi) is 5.95. The van der Waals surface area contributed by atoms with Gasteiger partial charge in [-0.2, -0.15) is 0 Å². The van der Waals surface area contributed by atoms with Gasteiger partial charge >= 0.3 is 0 Å². The summed E-state index contributed by atoms with van der Waals surface area (Å²) in [4.78, 5) is 0. The monoisotopic (exact) mass is 425 g/mol. The van der Waals surface area contributed by atoms with Gasteiger partial charge in [0, 0.05) is 12.0 Å². The van der Waals surface area contributed by atoms with Gasteiger partial charge in [-0.15, -0.1) is 0 Å². The molecule has 0 saturated heterocycles. The van der Waals surface area contributed by atoms with Gasteiger partial charge in [0.25, 0.3) is 0 Å². The molecule has 0 aliphatic heterocycles. The normalized spacial score (nSPS) is 10.8. The molecule has 1 N–H and O–H groups in total. The zero-order valence-electron chi connectivity index (χ0n) is 18.3. The number of rotatable bonds is 6. The maximum Gasteiger partial charge on any atom is 0.141 e. The zero-order chi connectivity index (χ0) is 22.5. The van der Waals surface area contributed by atoms with Crippen LogP contribution in [0.4, 0.5) is 0 Å². The number of hydrogen-bond acceptors (Lipinski definition) is 1. The molecule has 5 aromatic rings. The third-order valence-electron chi connectivity index (χ3n) is 5.95. The van der Waals surface area contributed by atoms with Crippen molar-refractivity contribution in [2.24, 2.45) is 0 Å². The SMILES string of the molecule is Oc1cc([C+](c2ccccc2)c2ccccc2)cc(C(c2ccccc2)c2ccccc2)c1. The van der Waals surface area contributed by atoms with E-state index in [0.717, 1.165) is 28.2 Å². The average Bonchev–Trinajstić information content (AvgIpc) is 2.87. The molecular weight excluding hydrogens is 400 g/mol. The second kappa shape index (κ2) is 9.50. The summed E-state index contributed by atoms with van der Waals surface area (Å²) >= 11 is 0. The Labute approximate surface area is 195 Å². The van der Waals surface area contributed by atoms with E-state index in [4.69, 9.17) is 0 Å². The number of hydrogen-bond donors (Lipinski definition) is 1. The molecule has 0 unspecified atom stereocenters. The van der Waals surface area contributed by atoms with Gasteiger partial charge in [-0.25, -0.2) is 0 Å². The quantitative estimate of drug-likeness (QED) is 0.219. The van der Waals surface area contributed by atoms with Crippen LogP contribution in [0.25, 0.3) is 0 Å². The van der Waals surface area contributed by atoms with Crippen LogP contribution in [-0.2, 0) is 0 Å². The first-order valence-corrected chi connectivity index (χ1v) is 11.2. The van der Waals surface area contributed by atoms with E-state index >= 15 is 0 Å². The highest BCUT2D eigenvalue weighted by atomic mass is 16.3. The molecular formula is C32H25O+. The molecule has 0 aromatic heterocycles. The van der Waals surface area contributed by atoms with Gasteiger partial charge in [0.1, 0.15) is 5.75 Å². The summed E-state index contributed by atoms with van der Waals surface area (Å²) in [6, 6.07) is 47.7. The predicted octanol–water partition coefficient (Wildman–Crippen LogP) is 7.59. The summed E-state index contributed by atoms with van der Waals surface area (Å²) in [6.45, 7) is 0. The first kappa shape index (κ1) is 20.7. The number of benzene rings is 5. The van der Waals surface area contributed by atoms with Gasteiger partial charge < -0.3 is 5.11 Å². The van der Waals surface area contributed by atoms with Crippen molar-refractivity contribution < 1.29 is 5.11 Å². The highest BCUT2D eigenvalue weighted by Gasteiger charge is 2.26. The van der Waals surface area contributed by atoms with Crippen molar-refractivity contribution in [2.75, 3.05) is 0 Å². The van der Waals surface area contributed by atoms with Gasteiger partial charge in [0.2, 0.25) is 0 Å². The van der Waals surface area contributed by atoms with E-state index in [1.54, 1.807) is 0 Å². The molecule has 158 valence electrons. The Bertz CT molecular complexity index is 1120. The molecule has 0 fully saturated rings. The second-order valence-electron chi connectivity index (χ2n) is 8.17. The van der Waals surface area contributed by atoms with Crippen LogP contribution in [0.5, 0.6) is 5.75 Å². The van der Waals surface area contributed by atoms with Crippen LogP contribution in [0.1, 0.15) is 39.3 Å². The first-order valence-electron chi connectivity index (χ1n) is 11.2. The van der Waals surface area contributed by atoms with Gasteiger partial charge in [0.05, 0.1) is 22.6 Å². The summed E-state index contributed by atoms with van der Waals surface area (Å²) in [7, 11) is 0. The largest absolute Gasteiger partial charge is 0.503 e. The Morgan fingerprint density at radius 2 is 0.848 bits per heavy atom. The van der Waals surface area contributed by atoms with Crippen LogP contribution in [-0.4, -0.2) is 5.11 Å². The molecule has 0 spiro atoms. The Morgan fingerprint density at radius 3 is 1.30 bits per heavy atom. The fourth-order valence-electron chi connectivity index (χ4n) is 4.52. The van der Waals surface area contributed by atoms with E-state index in [9.17, 15) is 5.11 Å². The van der Waals surface area contributed by atoms with E-state index in [1.165, 1.54) is 11.1 Å². The molecule has 33 heavy (non-hydrogen) atoms. The van der Waals surface area contributed by atoms with Crippen LogP contribution < -0.4 is 0 Å². The third-order valence-corrected chi connectivity index (χ3v) is 5.95. The summed E-state index contributed by atoms with van der Waals surface area (Å²) < 4.78 is 0. The zero-order valence-corrected chi connectivity index (χ0v) is 18.3. The summed E-state index contributed by atoms with van der Waals surface area (Å²) in [5.41, 5.74) is 6.70. The van der Waals surface area contributed by atoms with Crippen molar-refractivity contribution in [1.29, 1.82) is 0 Å². The number of phenols is 1. The van der Waals surface area contributed by atoms with Crippen molar-refractivity contribution in [1.82, 2.24) is 0 Å². The van der Waals surface area contributed by atoms with E-state index in [0.29, 0.717) is 0 Å². The van der Waals surface area contributed by atoms with Gasteiger partial charge in [-0.1, -0.05) is 72.8 Å².